The van der Waals surface area contributed by atoms with Crippen LogP contribution >= 0.6 is 23.2 Å². The van der Waals surface area contributed by atoms with Gasteiger partial charge in [-0.15, -0.1) is 0 Å². The standard InChI is InChI=1S/C15H15Cl2NO/c1-10(18)13-8-12(16)6-7-15(13)19-9-11-4-2-3-5-14(11)17/h2-8,10H,9,18H2,1H3. The number of halogens is 2. The van der Waals surface area contributed by atoms with Crippen molar-refractivity contribution in [2.45, 2.75) is 19.6 Å². The highest BCUT2D eigenvalue weighted by atomic mass is 35.5. The van der Waals surface area contributed by atoms with Gasteiger partial charge in [0, 0.05) is 27.2 Å². The molecule has 0 saturated carbocycles. The van der Waals surface area contributed by atoms with Crippen molar-refractivity contribution in [1.82, 2.24) is 0 Å². The minimum atomic E-state index is -0.139. The van der Waals surface area contributed by atoms with Crippen LogP contribution in [0.3, 0.4) is 0 Å². The van der Waals surface area contributed by atoms with Crippen LogP contribution in [0, 0.1) is 0 Å². The zero-order chi connectivity index (χ0) is 13.8. The molecule has 0 heterocycles. The maximum Gasteiger partial charge on any atom is 0.124 e. The van der Waals surface area contributed by atoms with Gasteiger partial charge in [-0.05, 0) is 31.2 Å². The Balaban J connectivity index is 2.18. The molecule has 100 valence electrons. The van der Waals surface area contributed by atoms with Crippen LogP contribution in [-0.2, 0) is 6.61 Å². The van der Waals surface area contributed by atoms with Gasteiger partial charge in [-0.1, -0.05) is 41.4 Å². The molecular formula is C15H15Cl2NO. The van der Waals surface area contributed by atoms with Crippen LogP contribution in [0.15, 0.2) is 42.5 Å². The molecular weight excluding hydrogens is 281 g/mol. The summed E-state index contributed by atoms with van der Waals surface area (Å²) in [7, 11) is 0. The van der Waals surface area contributed by atoms with Crippen LogP contribution in [0.4, 0.5) is 0 Å². The molecule has 0 amide bonds. The predicted octanol–water partition coefficient (Wildman–Crippen LogP) is 4.59. The molecule has 0 bridgehead atoms. The van der Waals surface area contributed by atoms with Gasteiger partial charge >= 0.3 is 0 Å². The van der Waals surface area contributed by atoms with Crippen molar-refractivity contribution in [1.29, 1.82) is 0 Å². The number of nitrogens with two attached hydrogens (primary N) is 1. The zero-order valence-electron chi connectivity index (χ0n) is 10.6. The van der Waals surface area contributed by atoms with E-state index in [9.17, 15) is 0 Å². The molecule has 2 nitrogen and oxygen atoms in total. The first-order valence-electron chi connectivity index (χ1n) is 5.99. The first kappa shape index (κ1) is 14.2. The molecule has 0 aliphatic carbocycles. The van der Waals surface area contributed by atoms with Gasteiger partial charge in [0.15, 0.2) is 0 Å². The van der Waals surface area contributed by atoms with E-state index in [-0.39, 0.29) is 6.04 Å². The van der Waals surface area contributed by atoms with Gasteiger partial charge in [-0.25, -0.2) is 0 Å². The second kappa shape index (κ2) is 6.29. The summed E-state index contributed by atoms with van der Waals surface area (Å²) in [5, 5.41) is 1.34. The molecule has 2 N–H and O–H groups in total. The lowest BCUT2D eigenvalue weighted by Gasteiger charge is -2.15. The lowest BCUT2D eigenvalue weighted by molar-refractivity contribution is 0.301. The third kappa shape index (κ3) is 3.63. The highest BCUT2D eigenvalue weighted by molar-refractivity contribution is 6.31. The summed E-state index contributed by atoms with van der Waals surface area (Å²) in [6.07, 6.45) is 0. The highest BCUT2D eigenvalue weighted by Crippen LogP contribution is 2.28. The minimum Gasteiger partial charge on any atom is -0.489 e. The summed E-state index contributed by atoms with van der Waals surface area (Å²) < 4.78 is 5.80. The lowest BCUT2D eigenvalue weighted by Crippen LogP contribution is -2.08. The largest absolute Gasteiger partial charge is 0.489 e. The predicted molar refractivity (Wildman–Crippen MR) is 79.8 cm³/mol. The fraction of sp³-hybridized carbons (Fsp3) is 0.200. The summed E-state index contributed by atoms with van der Waals surface area (Å²) in [4.78, 5) is 0. The Bertz CT molecular complexity index is 570. The number of hydrogen-bond acceptors (Lipinski definition) is 2. The van der Waals surface area contributed by atoms with Crippen LogP contribution in [0.1, 0.15) is 24.1 Å². The van der Waals surface area contributed by atoms with Gasteiger partial charge in [0.1, 0.15) is 12.4 Å². The van der Waals surface area contributed by atoms with E-state index >= 15 is 0 Å². The maximum absolute atomic E-state index is 6.09. The summed E-state index contributed by atoms with van der Waals surface area (Å²) in [6.45, 7) is 2.30. The van der Waals surface area contributed by atoms with Crippen LogP contribution in [0.2, 0.25) is 10.0 Å². The van der Waals surface area contributed by atoms with Gasteiger partial charge in [-0.3, -0.25) is 0 Å². The van der Waals surface area contributed by atoms with Crippen LogP contribution in [0.5, 0.6) is 5.75 Å². The van der Waals surface area contributed by atoms with E-state index in [4.69, 9.17) is 33.7 Å². The van der Waals surface area contributed by atoms with E-state index in [1.165, 1.54) is 0 Å². The second-order valence-electron chi connectivity index (χ2n) is 4.35. The maximum atomic E-state index is 6.09. The molecule has 0 aromatic heterocycles. The van der Waals surface area contributed by atoms with E-state index in [2.05, 4.69) is 0 Å². The van der Waals surface area contributed by atoms with E-state index in [0.717, 1.165) is 16.9 Å². The first-order chi connectivity index (χ1) is 9.08. The SMILES string of the molecule is CC(N)c1cc(Cl)ccc1OCc1ccccc1Cl. The Morgan fingerprint density at radius 1 is 1.16 bits per heavy atom. The minimum absolute atomic E-state index is 0.139. The molecule has 2 rings (SSSR count). The Labute approximate surface area is 123 Å². The Hall–Kier alpha value is -1.22. The second-order valence-corrected chi connectivity index (χ2v) is 5.19. The average molecular weight is 296 g/mol. The number of hydrogen-bond donors (Lipinski definition) is 1. The summed E-state index contributed by atoms with van der Waals surface area (Å²) in [5.41, 5.74) is 7.75. The smallest absolute Gasteiger partial charge is 0.124 e. The fourth-order valence-corrected chi connectivity index (χ4v) is 2.15. The van der Waals surface area contributed by atoms with Crippen LogP contribution < -0.4 is 10.5 Å². The molecule has 1 unspecified atom stereocenters. The molecule has 0 saturated heterocycles. The van der Waals surface area contributed by atoms with Gasteiger partial charge < -0.3 is 10.5 Å². The molecule has 0 radical (unpaired) electrons. The highest BCUT2D eigenvalue weighted by Gasteiger charge is 2.10. The van der Waals surface area contributed by atoms with Gasteiger partial charge in [0.05, 0.1) is 0 Å². The molecule has 4 heteroatoms. The number of benzene rings is 2. The number of rotatable bonds is 4. The Morgan fingerprint density at radius 2 is 1.89 bits per heavy atom. The molecule has 2 aromatic carbocycles. The molecule has 0 fully saturated rings. The molecule has 0 aliphatic rings. The van der Waals surface area contributed by atoms with Crippen molar-refractivity contribution in [3.8, 4) is 5.75 Å². The average Bonchev–Trinajstić information content (AvgIpc) is 2.38. The van der Waals surface area contributed by atoms with Gasteiger partial charge in [0.25, 0.3) is 0 Å². The molecule has 2 aromatic rings. The van der Waals surface area contributed by atoms with E-state index in [1.807, 2.05) is 43.3 Å². The Morgan fingerprint density at radius 3 is 2.58 bits per heavy atom. The number of ether oxygens (including phenoxy) is 1. The molecule has 1 atom stereocenters. The monoisotopic (exact) mass is 295 g/mol. The Kier molecular flexibility index (Phi) is 4.70. The summed E-state index contributed by atoms with van der Waals surface area (Å²) in [6, 6.07) is 12.9. The van der Waals surface area contributed by atoms with Crippen molar-refractivity contribution in [3.63, 3.8) is 0 Å². The molecule has 19 heavy (non-hydrogen) atoms. The van der Waals surface area contributed by atoms with Crippen molar-refractivity contribution < 1.29 is 4.74 Å². The van der Waals surface area contributed by atoms with Crippen molar-refractivity contribution in [2.75, 3.05) is 0 Å². The quantitative estimate of drug-likeness (QED) is 0.895. The first-order valence-corrected chi connectivity index (χ1v) is 6.74. The normalized spacial score (nSPS) is 12.2. The fourth-order valence-electron chi connectivity index (χ4n) is 1.78. The van der Waals surface area contributed by atoms with E-state index < -0.39 is 0 Å². The molecule has 0 aliphatic heterocycles. The van der Waals surface area contributed by atoms with E-state index in [0.29, 0.717) is 16.7 Å². The summed E-state index contributed by atoms with van der Waals surface area (Å²) in [5.74, 6) is 0.735. The third-order valence-electron chi connectivity index (χ3n) is 2.80. The van der Waals surface area contributed by atoms with Crippen LogP contribution in [-0.4, -0.2) is 0 Å². The lowest BCUT2D eigenvalue weighted by atomic mass is 10.1. The van der Waals surface area contributed by atoms with Crippen molar-refractivity contribution in [2.24, 2.45) is 5.73 Å². The van der Waals surface area contributed by atoms with Gasteiger partial charge in [0.2, 0.25) is 0 Å². The molecule has 0 spiro atoms. The van der Waals surface area contributed by atoms with Crippen LogP contribution in [0.25, 0.3) is 0 Å². The summed E-state index contributed by atoms with van der Waals surface area (Å²) >= 11 is 12.1. The zero-order valence-corrected chi connectivity index (χ0v) is 12.1. The van der Waals surface area contributed by atoms with Gasteiger partial charge in [-0.2, -0.15) is 0 Å². The van der Waals surface area contributed by atoms with Crippen molar-refractivity contribution >= 4 is 23.2 Å². The third-order valence-corrected chi connectivity index (χ3v) is 3.41. The topological polar surface area (TPSA) is 35.2 Å². The van der Waals surface area contributed by atoms with E-state index in [1.54, 1.807) is 6.07 Å². The van der Waals surface area contributed by atoms with Crippen molar-refractivity contribution in [3.05, 3.63) is 63.6 Å².